The van der Waals surface area contributed by atoms with Crippen LogP contribution in [0.25, 0.3) is 0 Å². The van der Waals surface area contributed by atoms with Crippen LogP contribution in [0.1, 0.15) is 24.2 Å². The van der Waals surface area contributed by atoms with Crippen molar-refractivity contribution in [1.82, 2.24) is 15.5 Å². The number of rotatable bonds is 9. The van der Waals surface area contributed by atoms with Gasteiger partial charge in [-0.05, 0) is 48.9 Å². The van der Waals surface area contributed by atoms with E-state index in [9.17, 15) is 8.78 Å². The fourth-order valence-corrected chi connectivity index (χ4v) is 3.76. The average Bonchev–Trinajstić information content (AvgIpc) is 3.26. The second-order valence-electron chi connectivity index (χ2n) is 7.42. The van der Waals surface area contributed by atoms with Gasteiger partial charge in [0.2, 0.25) is 0 Å². The quantitative estimate of drug-likeness (QED) is 0.357. The molecule has 2 N–H and O–H groups in total. The minimum atomic E-state index is -0.797. The Balaban J connectivity index is 1.45. The van der Waals surface area contributed by atoms with E-state index in [1.165, 1.54) is 12.1 Å². The second kappa shape index (κ2) is 12.0. The summed E-state index contributed by atoms with van der Waals surface area (Å²) >= 11 is 1.78. The highest BCUT2D eigenvalue weighted by Crippen LogP contribution is 2.16. The SMILES string of the molecule is CSCCN=C(NCCc1ccco1)NC1CCN(Cc2ccc(F)c(F)c2)CC1. The molecule has 1 aromatic carbocycles. The van der Waals surface area contributed by atoms with Crippen molar-refractivity contribution >= 4 is 17.7 Å². The van der Waals surface area contributed by atoms with Crippen molar-refractivity contribution in [2.75, 3.05) is 38.2 Å². The molecule has 1 saturated heterocycles. The maximum absolute atomic E-state index is 13.4. The number of thioether (sulfide) groups is 1. The smallest absolute Gasteiger partial charge is 0.191 e. The van der Waals surface area contributed by atoms with Crippen molar-refractivity contribution in [2.24, 2.45) is 4.99 Å². The number of guanidine groups is 1. The molecular formula is C22H30F2N4OS. The lowest BCUT2D eigenvalue weighted by atomic mass is 10.0. The number of furan rings is 1. The first-order chi connectivity index (χ1) is 14.6. The molecule has 0 aliphatic carbocycles. The standard InChI is InChI=1S/C22H30F2N4OS/c1-30-14-10-26-22(25-9-6-19-3-2-13-29-19)27-18-7-11-28(12-8-18)16-17-4-5-20(23)21(24)15-17/h2-5,13,15,18H,6-12,14,16H2,1H3,(H2,25,26,27). The summed E-state index contributed by atoms with van der Waals surface area (Å²) in [5.41, 5.74) is 0.805. The summed E-state index contributed by atoms with van der Waals surface area (Å²) in [6, 6.07) is 8.36. The molecule has 0 bridgehead atoms. The van der Waals surface area contributed by atoms with E-state index in [-0.39, 0.29) is 0 Å². The summed E-state index contributed by atoms with van der Waals surface area (Å²) in [7, 11) is 0. The molecule has 0 amide bonds. The Labute approximate surface area is 181 Å². The molecule has 0 saturated carbocycles. The normalized spacial score (nSPS) is 16.0. The van der Waals surface area contributed by atoms with Crippen molar-refractivity contribution in [1.29, 1.82) is 0 Å². The van der Waals surface area contributed by atoms with Gasteiger partial charge in [0, 0.05) is 44.4 Å². The molecule has 0 radical (unpaired) electrons. The zero-order chi connectivity index (χ0) is 21.2. The summed E-state index contributed by atoms with van der Waals surface area (Å²) in [5.74, 6) is 1.20. The number of likely N-dealkylation sites (tertiary alicyclic amines) is 1. The highest BCUT2D eigenvalue weighted by atomic mass is 32.2. The van der Waals surface area contributed by atoms with Crippen LogP contribution >= 0.6 is 11.8 Å². The highest BCUT2D eigenvalue weighted by molar-refractivity contribution is 7.98. The predicted octanol–water partition coefficient (Wildman–Crippen LogP) is 3.66. The van der Waals surface area contributed by atoms with E-state index in [1.807, 2.05) is 12.1 Å². The molecular weight excluding hydrogens is 406 g/mol. The molecule has 1 fully saturated rings. The summed E-state index contributed by atoms with van der Waals surface area (Å²) in [5, 5.41) is 6.96. The highest BCUT2D eigenvalue weighted by Gasteiger charge is 2.20. The van der Waals surface area contributed by atoms with Gasteiger partial charge in [0.25, 0.3) is 0 Å². The molecule has 2 aromatic rings. The molecule has 8 heteroatoms. The third-order valence-electron chi connectivity index (χ3n) is 5.13. The van der Waals surface area contributed by atoms with E-state index in [1.54, 1.807) is 24.1 Å². The fourth-order valence-electron chi connectivity index (χ4n) is 3.49. The maximum Gasteiger partial charge on any atom is 0.191 e. The molecule has 5 nitrogen and oxygen atoms in total. The monoisotopic (exact) mass is 436 g/mol. The number of aliphatic imine (C=N–C) groups is 1. The van der Waals surface area contributed by atoms with Crippen LogP contribution in [0.5, 0.6) is 0 Å². The van der Waals surface area contributed by atoms with Crippen LogP contribution in [0, 0.1) is 11.6 Å². The number of hydrogen-bond donors (Lipinski definition) is 2. The van der Waals surface area contributed by atoms with Crippen molar-refractivity contribution in [3.63, 3.8) is 0 Å². The number of nitrogens with zero attached hydrogens (tertiary/aromatic N) is 2. The molecule has 0 spiro atoms. The summed E-state index contributed by atoms with van der Waals surface area (Å²) in [4.78, 5) is 6.96. The molecule has 3 rings (SSSR count). The van der Waals surface area contributed by atoms with Gasteiger partial charge in [0.05, 0.1) is 12.8 Å². The molecule has 1 aliphatic rings. The molecule has 0 atom stereocenters. The Morgan fingerprint density at radius 3 is 2.77 bits per heavy atom. The number of piperidine rings is 1. The first-order valence-electron chi connectivity index (χ1n) is 10.4. The van der Waals surface area contributed by atoms with Crippen LogP contribution in [0.4, 0.5) is 8.78 Å². The van der Waals surface area contributed by atoms with Gasteiger partial charge in [0.15, 0.2) is 17.6 Å². The lowest BCUT2D eigenvalue weighted by Crippen LogP contribution is -2.49. The van der Waals surface area contributed by atoms with E-state index in [0.717, 1.165) is 68.5 Å². The minimum Gasteiger partial charge on any atom is -0.469 e. The van der Waals surface area contributed by atoms with Crippen LogP contribution in [-0.4, -0.2) is 55.1 Å². The first-order valence-corrected chi connectivity index (χ1v) is 11.8. The first kappa shape index (κ1) is 22.6. The van der Waals surface area contributed by atoms with Gasteiger partial charge >= 0.3 is 0 Å². The van der Waals surface area contributed by atoms with E-state index >= 15 is 0 Å². The van der Waals surface area contributed by atoms with E-state index in [2.05, 4.69) is 26.8 Å². The van der Waals surface area contributed by atoms with Gasteiger partial charge in [-0.25, -0.2) is 8.78 Å². The van der Waals surface area contributed by atoms with Crippen LogP contribution in [0.2, 0.25) is 0 Å². The Hall–Kier alpha value is -2.06. The predicted molar refractivity (Wildman–Crippen MR) is 119 cm³/mol. The zero-order valence-corrected chi connectivity index (χ0v) is 18.2. The summed E-state index contributed by atoms with van der Waals surface area (Å²) in [6.45, 7) is 3.97. The number of benzene rings is 1. The van der Waals surface area contributed by atoms with Crippen LogP contribution in [0.15, 0.2) is 46.0 Å². The van der Waals surface area contributed by atoms with E-state index in [4.69, 9.17) is 4.42 Å². The number of nitrogens with one attached hydrogen (secondary N) is 2. The lowest BCUT2D eigenvalue weighted by molar-refractivity contribution is 0.198. The van der Waals surface area contributed by atoms with Crippen LogP contribution < -0.4 is 10.6 Å². The maximum atomic E-state index is 13.4. The fraction of sp³-hybridized carbons (Fsp3) is 0.500. The third kappa shape index (κ3) is 7.32. The molecule has 0 unspecified atom stereocenters. The van der Waals surface area contributed by atoms with Crippen molar-refractivity contribution in [2.45, 2.75) is 31.8 Å². The van der Waals surface area contributed by atoms with Gasteiger partial charge in [-0.15, -0.1) is 0 Å². The van der Waals surface area contributed by atoms with Crippen molar-refractivity contribution in [3.8, 4) is 0 Å². The van der Waals surface area contributed by atoms with Gasteiger partial charge in [0.1, 0.15) is 5.76 Å². The average molecular weight is 437 g/mol. The number of hydrogen-bond acceptors (Lipinski definition) is 4. The topological polar surface area (TPSA) is 52.8 Å². The van der Waals surface area contributed by atoms with Crippen LogP contribution in [-0.2, 0) is 13.0 Å². The Morgan fingerprint density at radius 2 is 2.07 bits per heavy atom. The lowest BCUT2D eigenvalue weighted by Gasteiger charge is -2.33. The van der Waals surface area contributed by atoms with Gasteiger partial charge in [-0.3, -0.25) is 9.89 Å². The van der Waals surface area contributed by atoms with Gasteiger partial charge < -0.3 is 15.1 Å². The zero-order valence-electron chi connectivity index (χ0n) is 17.4. The Morgan fingerprint density at radius 1 is 1.23 bits per heavy atom. The molecule has 1 aromatic heterocycles. The summed E-state index contributed by atoms with van der Waals surface area (Å²) < 4.78 is 31.9. The minimum absolute atomic E-state index is 0.343. The summed E-state index contributed by atoms with van der Waals surface area (Å²) in [6.07, 6.45) is 6.53. The molecule has 164 valence electrons. The van der Waals surface area contributed by atoms with Crippen LogP contribution in [0.3, 0.4) is 0 Å². The van der Waals surface area contributed by atoms with Gasteiger partial charge in [-0.1, -0.05) is 6.07 Å². The molecule has 1 aliphatic heterocycles. The largest absolute Gasteiger partial charge is 0.469 e. The molecule has 2 heterocycles. The second-order valence-corrected chi connectivity index (χ2v) is 8.41. The Kier molecular flexibility index (Phi) is 9.01. The third-order valence-corrected chi connectivity index (χ3v) is 5.72. The van der Waals surface area contributed by atoms with Gasteiger partial charge in [-0.2, -0.15) is 11.8 Å². The molecule has 30 heavy (non-hydrogen) atoms. The van der Waals surface area contributed by atoms with E-state index < -0.39 is 11.6 Å². The van der Waals surface area contributed by atoms with E-state index in [0.29, 0.717) is 12.6 Å². The Bertz CT molecular complexity index is 792. The van der Waals surface area contributed by atoms with Crippen molar-refractivity contribution in [3.05, 3.63) is 59.6 Å². The van der Waals surface area contributed by atoms with Crippen molar-refractivity contribution < 1.29 is 13.2 Å². The number of halogens is 2.